The summed E-state index contributed by atoms with van der Waals surface area (Å²) in [4.78, 5) is 28.1. The molecule has 2 aromatic rings. The van der Waals surface area contributed by atoms with Crippen LogP contribution in [-0.4, -0.2) is 37.2 Å². The summed E-state index contributed by atoms with van der Waals surface area (Å²) < 4.78 is 15.6. The second kappa shape index (κ2) is 10.8. The van der Waals surface area contributed by atoms with Crippen LogP contribution in [-0.2, 0) is 20.7 Å². The van der Waals surface area contributed by atoms with Crippen LogP contribution in [0.1, 0.15) is 25.1 Å². The molecule has 0 aliphatic rings. The molecule has 0 radical (unpaired) electrons. The molecule has 8 nitrogen and oxygen atoms in total. The van der Waals surface area contributed by atoms with E-state index in [1.807, 2.05) is 13.0 Å². The predicted molar refractivity (Wildman–Crippen MR) is 109 cm³/mol. The normalized spacial score (nSPS) is 10.8. The molecule has 0 aliphatic carbocycles. The van der Waals surface area contributed by atoms with Crippen LogP contribution in [0.5, 0.6) is 11.5 Å². The number of hydrogen-bond donors (Lipinski definition) is 1. The molecule has 0 spiro atoms. The highest BCUT2D eigenvalue weighted by Crippen LogP contribution is 2.29. The lowest BCUT2D eigenvalue weighted by Crippen LogP contribution is -2.13. The van der Waals surface area contributed by atoms with Crippen molar-refractivity contribution >= 4 is 34.4 Å². The fraction of sp³-hybridized carbons (Fsp3) is 0.300. The van der Waals surface area contributed by atoms with Crippen LogP contribution in [0, 0.1) is 11.3 Å². The second-order valence-electron chi connectivity index (χ2n) is 5.59. The molecular formula is C20H21N3O5S. The van der Waals surface area contributed by atoms with Crippen molar-refractivity contribution in [3.8, 4) is 17.6 Å². The molecule has 0 unspecified atom stereocenters. The van der Waals surface area contributed by atoms with Gasteiger partial charge in [-0.3, -0.25) is 14.9 Å². The molecule has 1 aromatic heterocycles. The third-order valence-corrected chi connectivity index (χ3v) is 4.37. The van der Waals surface area contributed by atoms with Crippen molar-refractivity contribution in [2.24, 2.45) is 0 Å². The number of nitriles is 1. The number of anilines is 1. The van der Waals surface area contributed by atoms with Gasteiger partial charge in [0.15, 0.2) is 16.6 Å². The fourth-order valence-corrected chi connectivity index (χ4v) is 3.04. The Morgan fingerprint density at radius 1 is 1.28 bits per heavy atom. The average molecular weight is 415 g/mol. The maximum absolute atomic E-state index is 12.4. The van der Waals surface area contributed by atoms with Gasteiger partial charge in [-0.15, -0.1) is 11.3 Å². The molecule has 0 bridgehead atoms. The van der Waals surface area contributed by atoms with Crippen molar-refractivity contribution in [1.29, 1.82) is 5.26 Å². The van der Waals surface area contributed by atoms with Crippen molar-refractivity contribution in [2.75, 3.05) is 25.6 Å². The Labute approximate surface area is 172 Å². The Hall–Kier alpha value is -3.38. The Balaban J connectivity index is 2.12. The lowest BCUT2D eigenvalue weighted by molar-refractivity contribution is -0.142. The first-order valence-corrected chi connectivity index (χ1v) is 9.72. The van der Waals surface area contributed by atoms with Gasteiger partial charge < -0.3 is 14.2 Å². The minimum absolute atomic E-state index is 0.0210. The Morgan fingerprint density at radius 3 is 2.72 bits per heavy atom. The van der Waals surface area contributed by atoms with Crippen molar-refractivity contribution in [3.05, 3.63) is 40.4 Å². The number of carbonyl (C=O) groups excluding carboxylic acids is 2. The molecule has 0 saturated carbocycles. The Bertz CT molecular complexity index is 946. The van der Waals surface area contributed by atoms with E-state index in [9.17, 15) is 14.9 Å². The third-order valence-electron chi connectivity index (χ3n) is 3.57. The zero-order valence-corrected chi connectivity index (χ0v) is 17.2. The van der Waals surface area contributed by atoms with Gasteiger partial charge in [-0.25, -0.2) is 4.98 Å². The van der Waals surface area contributed by atoms with Gasteiger partial charge in [0.1, 0.15) is 11.6 Å². The predicted octanol–water partition coefficient (Wildman–Crippen LogP) is 3.20. The highest BCUT2D eigenvalue weighted by Gasteiger charge is 2.14. The van der Waals surface area contributed by atoms with Gasteiger partial charge in [0.2, 0.25) is 0 Å². The second-order valence-corrected chi connectivity index (χ2v) is 6.45. The molecule has 2 rings (SSSR count). The molecule has 0 fully saturated rings. The SMILES string of the molecule is CCOC(=O)Cc1csc(NC(=O)C(C#N)=Cc2ccc(OCC)c(OC)c2)n1. The summed E-state index contributed by atoms with van der Waals surface area (Å²) >= 11 is 1.16. The summed E-state index contributed by atoms with van der Waals surface area (Å²) in [5.41, 5.74) is 1.000. The van der Waals surface area contributed by atoms with Gasteiger partial charge in [0.25, 0.3) is 5.91 Å². The number of rotatable bonds is 9. The molecule has 0 saturated heterocycles. The number of carbonyl (C=O) groups is 2. The van der Waals surface area contributed by atoms with E-state index in [-0.39, 0.29) is 12.0 Å². The van der Waals surface area contributed by atoms with Crippen molar-refractivity contribution in [3.63, 3.8) is 0 Å². The number of hydrogen-bond acceptors (Lipinski definition) is 8. The van der Waals surface area contributed by atoms with Gasteiger partial charge in [0, 0.05) is 5.38 Å². The molecule has 1 heterocycles. The first-order valence-electron chi connectivity index (χ1n) is 8.84. The quantitative estimate of drug-likeness (QED) is 0.380. The van der Waals surface area contributed by atoms with Crippen LogP contribution in [0.3, 0.4) is 0 Å². The molecule has 1 amide bonds. The zero-order valence-electron chi connectivity index (χ0n) is 16.4. The maximum Gasteiger partial charge on any atom is 0.311 e. The average Bonchev–Trinajstić information content (AvgIpc) is 3.13. The highest BCUT2D eigenvalue weighted by atomic mass is 32.1. The number of benzene rings is 1. The van der Waals surface area contributed by atoms with Gasteiger partial charge >= 0.3 is 5.97 Å². The summed E-state index contributed by atoms with van der Waals surface area (Å²) in [7, 11) is 1.51. The third kappa shape index (κ3) is 6.33. The smallest absolute Gasteiger partial charge is 0.311 e. The fourth-order valence-electron chi connectivity index (χ4n) is 2.33. The zero-order chi connectivity index (χ0) is 21.2. The van der Waals surface area contributed by atoms with Gasteiger partial charge in [0.05, 0.1) is 32.4 Å². The Morgan fingerprint density at radius 2 is 2.07 bits per heavy atom. The number of amides is 1. The van der Waals surface area contributed by atoms with Crippen LogP contribution in [0.25, 0.3) is 6.08 Å². The van der Waals surface area contributed by atoms with E-state index in [2.05, 4.69) is 10.3 Å². The molecule has 29 heavy (non-hydrogen) atoms. The number of nitrogens with zero attached hydrogens (tertiary/aromatic N) is 2. The topological polar surface area (TPSA) is 111 Å². The number of aromatic nitrogens is 1. The number of thiazole rings is 1. The number of methoxy groups -OCH3 is 1. The van der Waals surface area contributed by atoms with E-state index in [1.54, 1.807) is 30.5 Å². The minimum atomic E-state index is -0.600. The molecule has 0 atom stereocenters. The first-order chi connectivity index (χ1) is 14.0. The molecular weight excluding hydrogens is 394 g/mol. The molecule has 152 valence electrons. The standard InChI is InChI=1S/C20H21N3O5S/c1-4-27-16-7-6-13(9-17(16)26-3)8-14(11-21)19(25)23-20-22-15(12-29-20)10-18(24)28-5-2/h6-9,12H,4-5,10H2,1-3H3,(H,22,23,25). The maximum atomic E-state index is 12.4. The van der Waals surface area contributed by atoms with Crippen LogP contribution in [0.2, 0.25) is 0 Å². The minimum Gasteiger partial charge on any atom is -0.493 e. The highest BCUT2D eigenvalue weighted by molar-refractivity contribution is 7.14. The molecule has 0 aliphatic heterocycles. The number of nitrogens with one attached hydrogen (secondary N) is 1. The van der Waals surface area contributed by atoms with Crippen LogP contribution in [0.15, 0.2) is 29.2 Å². The summed E-state index contributed by atoms with van der Waals surface area (Å²) in [6.07, 6.45) is 1.47. The van der Waals surface area contributed by atoms with Crippen molar-refractivity contribution in [2.45, 2.75) is 20.3 Å². The number of esters is 1. The van der Waals surface area contributed by atoms with Gasteiger partial charge in [-0.2, -0.15) is 5.26 Å². The largest absolute Gasteiger partial charge is 0.493 e. The van der Waals surface area contributed by atoms with E-state index >= 15 is 0 Å². The van der Waals surface area contributed by atoms with Crippen molar-refractivity contribution < 1.29 is 23.8 Å². The van der Waals surface area contributed by atoms with E-state index < -0.39 is 11.9 Å². The molecule has 9 heteroatoms. The number of ether oxygens (including phenoxy) is 3. The Kier molecular flexibility index (Phi) is 8.18. The van der Waals surface area contributed by atoms with Crippen molar-refractivity contribution in [1.82, 2.24) is 4.98 Å². The van der Waals surface area contributed by atoms with Crippen LogP contribution < -0.4 is 14.8 Å². The van der Waals surface area contributed by atoms with Crippen LogP contribution in [0.4, 0.5) is 5.13 Å². The monoisotopic (exact) mass is 415 g/mol. The lowest BCUT2D eigenvalue weighted by atomic mass is 10.1. The van der Waals surface area contributed by atoms with Gasteiger partial charge in [-0.1, -0.05) is 6.07 Å². The van der Waals surface area contributed by atoms with Crippen LogP contribution >= 0.6 is 11.3 Å². The van der Waals surface area contributed by atoms with E-state index in [1.165, 1.54) is 13.2 Å². The summed E-state index contributed by atoms with van der Waals surface area (Å²) in [6.45, 7) is 4.37. The molecule has 1 aromatic carbocycles. The first kappa shape index (κ1) is 21.9. The van der Waals surface area contributed by atoms with Gasteiger partial charge in [-0.05, 0) is 37.6 Å². The molecule has 1 N–H and O–H groups in total. The summed E-state index contributed by atoms with van der Waals surface area (Å²) in [5.74, 6) is 0.0870. The lowest BCUT2D eigenvalue weighted by Gasteiger charge is -2.09. The van der Waals surface area contributed by atoms with E-state index in [0.717, 1.165) is 11.3 Å². The van der Waals surface area contributed by atoms with E-state index in [4.69, 9.17) is 14.2 Å². The summed E-state index contributed by atoms with van der Waals surface area (Å²) in [5, 5.41) is 13.9. The van der Waals surface area contributed by atoms with E-state index in [0.29, 0.717) is 41.1 Å². The summed E-state index contributed by atoms with van der Waals surface area (Å²) in [6, 6.07) is 6.99.